The molecule has 2 aromatic rings. The highest BCUT2D eigenvalue weighted by atomic mass is 19.4. The van der Waals surface area contributed by atoms with Crippen molar-refractivity contribution >= 4 is 23.6 Å². The minimum absolute atomic E-state index is 0.00274. The molecule has 2 unspecified atom stereocenters. The number of aryl methyl sites for hydroxylation is 1. The molecule has 0 aliphatic carbocycles. The maximum atomic E-state index is 13.9. The molecule has 0 N–H and O–H groups in total. The number of carbonyl (C=O) groups excluding carboxylic acids is 4. The first kappa shape index (κ1) is 32.0. The molecular weight excluding hydrogens is 587 g/mol. The molecule has 0 bridgehead atoms. The highest BCUT2D eigenvalue weighted by molar-refractivity contribution is 6.04. The van der Waals surface area contributed by atoms with E-state index >= 15 is 0 Å². The van der Waals surface area contributed by atoms with E-state index in [9.17, 15) is 49.9 Å². The molecule has 2 aliphatic rings. The summed E-state index contributed by atoms with van der Waals surface area (Å²) in [4.78, 5) is 54.1. The lowest BCUT2D eigenvalue weighted by Gasteiger charge is -2.40. The van der Waals surface area contributed by atoms with Gasteiger partial charge >= 0.3 is 12.4 Å². The van der Waals surface area contributed by atoms with Gasteiger partial charge in [0.25, 0.3) is 0 Å². The first-order valence-corrected chi connectivity index (χ1v) is 13.4. The van der Waals surface area contributed by atoms with E-state index in [-0.39, 0.29) is 44.0 Å². The molecule has 7 nitrogen and oxygen atoms in total. The van der Waals surface area contributed by atoms with Gasteiger partial charge in [-0.1, -0.05) is 6.07 Å². The zero-order chi connectivity index (χ0) is 31.9. The largest absolute Gasteiger partial charge is 0.416 e. The van der Waals surface area contributed by atoms with Gasteiger partial charge in [-0.3, -0.25) is 24.1 Å². The topological polar surface area (TPSA) is 78.0 Å². The molecule has 2 aliphatic heterocycles. The number of rotatable bonds is 6. The van der Waals surface area contributed by atoms with Crippen molar-refractivity contribution in [2.24, 2.45) is 5.92 Å². The van der Waals surface area contributed by atoms with E-state index in [1.54, 1.807) is 6.92 Å². The number of benzene rings is 2. The summed E-state index contributed by atoms with van der Waals surface area (Å²) in [6.07, 6.45) is -10.0. The molecule has 2 atom stereocenters. The summed E-state index contributed by atoms with van der Waals surface area (Å²) < 4.78 is 94.0. The maximum Gasteiger partial charge on any atom is 0.416 e. The van der Waals surface area contributed by atoms with Crippen molar-refractivity contribution in [3.8, 4) is 0 Å². The van der Waals surface area contributed by atoms with Crippen LogP contribution in [0.3, 0.4) is 0 Å². The minimum Gasteiger partial charge on any atom is -0.341 e. The molecule has 43 heavy (non-hydrogen) atoms. The lowest BCUT2D eigenvalue weighted by Crippen LogP contribution is -2.50. The van der Waals surface area contributed by atoms with Gasteiger partial charge in [-0.15, -0.1) is 0 Å². The Morgan fingerprint density at radius 2 is 1.51 bits per heavy atom. The predicted molar refractivity (Wildman–Crippen MR) is 137 cm³/mol. The summed E-state index contributed by atoms with van der Waals surface area (Å²) in [7, 11) is 1.26. The third kappa shape index (κ3) is 7.16. The number of nitrogens with zero attached hydrogens (tertiary/aromatic N) is 3. The summed E-state index contributed by atoms with van der Waals surface area (Å²) in [5.41, 5.74) is -2.38. The zero-order valence-electron chi connectivity index (χ0n) is 23.2. The third-order valence-corrected chi connectivity index (χ3v) is 7.81. The Morgan fingerprint density at radius 3 is 2.05 bits per heavy atom. The molecule has 232 valence electrons. The number of likely N-dealkylation sites (tertiary alicyclic amines) is 2. The van der Waals surface area contributed by atoms with Crippen LogP contribution in [0.5, 0.6) is 0 Å². The van der Waals surface area contributed by atoms with E-state index in [0.29, 0.717) is 23.3 Å². The number of alkyl halides is 6. The Morgan fingerprint density at radius 1 is 0.930 bits per heavy atom. The van der Waals surface area contributed by atoms with Gasteiger partial charge in [-0.2, -0.15) is 26.3 Å². The van der Waals surface area contributed by atoms with Gasteiger partial charge < -0.3 is 9.80 Å². The summed E-state index contributed by atoms with van der Waals surface area (Å²) in [5.74, 6) is -4.18. The van der Waals surface area contributed by atoms with Gasteiger partial charge in [0.2, 0.25) is 23.6 Å². The smallest absolute Gasteiger partial charge is 0.341 e. The second-order valence-corrected chi connectivity index (χ2v) is 10.8. The fraction of sp³-hybridized carbons (Fsp3) is 0.448. The molecule has 4 amide bonds. The van der Waals surface area contributed by atoms with E-state index in [1.807, 2.05) is 0 Å². The van der Waals surface area contributed by atoms with Gasteiger partial charge in [0.05, 0.1) is 11.1 Å². The first-order valence-electron chi connectivity index (χ1n) is 13.4. The fourth-order valence-corrected chi connectivity index (χ4v) is 5.62. The summed E-state index contributed by atoms with van der Waals surface area (Å²) in [6, 6.07) is 5.00. The highest BCUT2D eigenvalue weighted by Crippen LogP contribution is 2.38. The molecule has 4 rings (SSSR count). The Kier molecular flexibility index (Phi) is 8.89. The Hall–Kier alpha value is -3.97. The number of halogens is 7. The molecule has 0 saturated carbocycles. The van der Waals surface area contributed by atoms with Crippen LogP contribution in [0, 0.1) is 18.7 Å². The Balaban J connectivity index is 1.59. The number of hydrogen-bond donors (Lipinski definition) is 0. The van der Waals surface area contributed by atoms with Crippen LogP contribution in [0.1, 0.15) is 53.0 Å². The SMILES string of the molecule is Cc1cc(F)ccc1C1CN(C(=O)CN2C(=O)CCC2=O)CCC1C(=O)N(C)Cc1cc(C(F)(F)F)cc(C(F)(F)F)c1. The monoisotopic (exact) mass is 615 g/mol. The van der Waals surface area contributed by atoms with E-state index in [0.717, 1.165) is 9.80 Å². The highest BCUT2D eigenvalue weighted by Gasteiger charge is 2.41. The molecule has 2 saturated heterocycles. The molecular formula is C29H28F7N3O4. The van der Waals surface area contributed by atoms with Gasteiger partial charge in [-0.25, -0.2) is 4.39 Å². The average Bonchev–Trinajstić information content (AvgIpc) is 3.23. The first-order chi connectivity index (χ1) is 20.0. The second kappa shape index (κ2) is 12.0. The van der Waals surface area contributed by atoms with Crippen LogP contribution in [0.25, 0.3) is 0 Å². The second-order valence-electron chi connectivity index (χ2n) is 10.8. The minimum atomic E-state index is -5.05. The number of piperidine rings is 1. The maximum absolute atomic E-state index is 13.9. The number of imide groups is 1. The Labute approximate surface area is 242 Å². The van der Waals surface area contributed by atoms with Crippen LogP contribution in [-0.2, 0) is 38.1 Å². The average molecular weight is 616 g/mol. The molecule has 0 aromatic heterocycles. The van der Waals surface area contributed by atoms with Gasteiger partial charge in [-0.05, 0) is 60.4 Å². The van der Waals surface area contributed by atoms with E-state index in [2.05, 4.69) is 0 Å². The molecule has 14 heteroatoms. The molecule has 2 heterocycles. The van der Waals surface area contributed by atoms with Crippen LogP contribution >= 0.6 is 0 Å². The molecule has 0 radical (unpaired) electrons. The van der Waals surface area contributed by atoms with Crippen LogP contribution in [0.15, 0.2) is 36.4 Å². The van der Waals surface area contributed by atoms with Gasteiger partial charge in [0.1, 0.15) is 12.4 Å². The van der Waals surface area contributed by atoms with Crippen molar-refractivity contribution in [3.05, 3.63) is 70.0 Å². The normalized spacial score (nSPS) is 19.7. The predicted octanol–water partition coefficient (Wildman–Crippen LogP) is 4.91. The van der Waals surface area contributed by atoms with Crippen LogP contribution in [-0.4, -0.2) is 65.0 Å². The van der Waals surface area contributed by atoms with E-state index in [1.165, 1.54) is 30.1 Å². The number of carbonyl (C=O) groups is 4. The van der Waals surface area contributed by atoms with Gasteiger partial charge in [0.15, 0.2) is 0 Å². The molecule has 2 fully saturated rings. The molecule has 2 aromatic carbocycles. The van der Waals surface area contributed by atoms with Crippen LogP contribution in [0.4, 0.5) is 30.7 Å². The van der Waals surface area contributed by atoms with Gasteiger partial charge in [0, 0.05) is 51.4 Å². The van der Waals surface area contributed by atoms with Crippen molar-refractivity contribution in [2.45, 2.75) is 51.0 Å². The quantitative estimate of drug-likeness (QED) is 0.342. The van der Waals surface area contributed by atoms with E-state index in [4.69, 9.17) is 0 Å². The summed E-state index contributed by atoms with van der Waals surface area (Å²) >= 11 is 0. The lowest BCUT2D eigenvalue weighted by atomic mass is 9.78. The fourth-order valence-electron chi connectivity index (χ4n) is 5.62. The van der Waals surface area contributed by atoms with Crippen molar-refractivity contribution < 1.29 is 49.9 Å². The van der Waals surface area contributed by atoms with Crippen LogP contribution in [0.2, 0.25) is 0 Å². The van der Waals surface area contributed by atoms with Crippen molar-refractivity contribution in [2.75, 3.05) is 26.7 Å². The molecule has 0 spiro atoms. The third-order valence-electron chi connectivity index (χ3n) is 7.81. The zero-order valence-corrected chi connectivity index (χ0v) is 23.2. The van der Waals surface area contributed by atoms with Crippen molar-refractivity contribution in [3.63, 3.8) is 0 Å². The van der Waals surface area contributed by atoms with E-state index < -0.39 is 77.9 Å². The lowest BCUT2D eigenvalue weighted by molar-refractivity contribution is -0.147. The number of hydrogen-bond acceptors (Lipinski definition) is 4. The summed E-state index contributed by atoms with van der Waals surface area (Å²) in [5, 5.41) is 0. The standard InChI is InChI=1S/C29H28F7N3O4/c1-16-9-20(30)3-4-21(16)23-14-38(26(42)15-39-24(40)5-6-25(39)41)8-7-22(23)27(43)37(2)13-17-10-18(28(31,32)33)12-19(11-17)29(34,35)36/h3-4,9-12,22-23H,5-8,13-15H2,1-2H3. The Bertz CT molecular complexity index is 1390. The van der Waals surface area contributed by atoms with Crippen molar-refractivity contribution in [1.29, 1.82) is 0 Å². The van der Waals surface area contributed by atoms with Crippen molar-refractivity contribution in [1.82, 2.24) is 14.7 Å². The summed E-state index contributed by atoms with van der Waals surface area (Å²) in [6.45, 7) is 0.570. The van der Waals surface area contributed by atoms with Crippen LogP contribution < -0.4 is 0 Å². The number of amides is 4.